The van der Waals surface area contributed by atoms with Gasteiger partial charge in [-0.25, -0.2) is 4.98 Å². The zero-order valence-corrected chi connectivity index (χ0v) is 20.6. The minimum absolute atomic E-state index is 0.0928. The van der Waals surface area contributed by atoms with Crippen molar-refractivity contribution in [3.8, 4) is 5.75 Å². The Morgan fingerprint density at radius 1 is 1.31 bits per heavy atom. The van der Waals surface area contributed by atoms with Crippen molar-refractivity contribution in [3.63, 3.8) is 0 Å². The molecule has 1 saturated heterocycles. The van der Waals surface area contributed by atoms with Crippen LogP contribution in [0.4, 0.5) is 5.82 Å². The van der Waals surface area contributed by atoms with Gasteiger partial charge in [-0.15, -0.1) is 0 Å². The van der Waals surface area contributed by atoms with Crippen LogP contribution in [0.25, 0.3) is 16.6 Å². The van der Waals surface area contributed by atoms with Crippen molar-refractivity contribution in [2.24, 2.45) is 11.3 Å². The van der Waals surface area contributed by atoms with E-state index >= 15 is 0 Å². The van der Waals surface area contributed by atoms with E-state index in [-0.39, 0.29) is 23.3 Å². The summed E-state index contributed by atoms with van der Waals surface area (Å²) in [5, 5.41) is 12.9. The number of carbonyl (C=O) groups is 2. The van der Waals surface area contributed by atoms with Crippen molar-refractivity contribution >= 4 is 34.2 Å². The van der Waals surface area contributed by atoms with Gasteiger partial charge in [-0.1, -0.05) is 6.92 Å². The Labute approximate surface area is 208 Å². The first kappa shape index (κ1) is 22.5. The third-order valence-corrected chi connectivity index (χ3v) is 7.85. The van der Waals surface area contributed by atoms with Crippen molar-refractivity contribution < 1.29 is 14.3 Å². The molecule has 36 heavy (non-hydrogen) atoms. The largest absolute Gasteiger partial charge is 0.496 e. The Hall–Kier alpha value is -3.95. The van der Waals surface area contributed by atoms with E-state index in [0.29, 0.717) is 35.1 Å². The zero-order valence-electron chi connectivity index (χ0n) is 20.6. The predicted molar refractivity (Wildman–Crippen MR) is 134 cm³/mol. The first-order chi connectivity index (χ1) is 17.4. The quantitative estimate of drug-likeness (QED) is 0.472. The van der Waals surface area contributed by atoms with Crippen molar-refractivity contribution in [2.45, 2.75) is 38.6 Å². The topological polar surface area (TPSA) is 107 Å². The minimum Gasteiger partial charge on any atom is -0.496 e. The van der Waals surface area contributed by atoms with Gasteiger partial charge in [-0.2, -0.15) is 14.7 Å². The van der Waals surface area contributed by atoms with Crippen molar-refractivity contribution in [3.05, 3.63) is 48.4 Å². The number of nitrogens with zero attached hydrogens (tertiary/aromatic N) is 6. The second kappa shape index (κ2) is 8.32. The number of hydrogen-bond donors (Lipinski definition) is 1. The van der Waals surface area contributed by atoms with E-state index in [9.17, 15) is 9.59 Å². The molecule has 1 spiro atoms. The maximum Gasteiger partial charge on any atom is 0.260 e. The molecule has 10 heteroatoms. The molecular formula is C26H29N7O3. The van der Waals surface area contributed by atoms with E-state index in [0.717, 1.165) is 36.7 Å². The second-order valence-corrected chi connectivity index (χ2v) is 10.3. The number of fused-ring (bicyclic) bond motifs is 2. The number of aromatic nitrogens is 5. The molecule has 3 atom stereocenters. The zero-order chi connectivity index (χ0) is 25.0. The van der Waals surface area contributed by atoms with E-state index in [2.05, 4.69) is 22.3 Å². The van der Waals surface area contributed by atoms with Crippen LogP contribution >= 0.6 is 0 Å². The van der Waals surface area contributed by atoms with E-state index in [1.54, 1.807) is 30.1 Å². The molecule has 0 bridgehead atoms. The van der Waals surface area contributed by atoms with Crippen LogP contribution < -0.4 is 10.1 Å². The van der Waals surface area contributed by atoms with E-state index < -0.39 is 0 Å². The van der Waals surface area contributed by atoms with Gasteiger partial charge in [0.2, 0.25) is 5.91 Å². The highest BCUT2D eigenvalue weighted by Gasteiger charge is 2.46. The number of imidazole rings is 1. The molecule has 6 rings (SSSR count). The molecule has 1 aromatic carbocycles. The lowest BCUT2D eigenvalue weighted by atomic mass is 9.67. The summed E-state index contributed by atoms with van der Waals surface area (Å²) in [6.45, 7) is 3.10. The number of ether oxygens (including phenoxy) is 1. The molecule has 10 nitrogen and oxygen atoms in total. The molecule has 1 N–H and O–H groups in total. The Morgan fingerprint density at radius 3 is 2.92 bits per heavy atom. The van der Waals surface area contributed by atoms with Gasteiger partial charge in [-0.3, -0.25) is 14.3 Å². The summed E-state index contributed by atoms with van der Waals surface area (Å²) in [5.41, 5.74) is 1.94. The Balaban J connectivity index is 1.26. The molecule has 4 aromatic rings. The lowest BCUT2D eigenvalue weighted by Gasteiger charge is -2.40. The van der Waals surface area contributed by atoms with Gasteiger partial charge in [0, 0.05) is 43.9 Å². The molecule has 1 aliphatic carbocycles. The summed E-state index contributed by atoms with van der Waals surface area (Å²) in [7, 11) is 3.45. The van der Waals surface area contributed by atoms with Crippen LogP contribution in [0.15, 0.2) is 42.9 Å². The summed E-state index contributed by atoms with van der Waals surface area (Å²) < 4.78 is 9.17. The maximum atomic E-state index is 13.2. The molecule has 2 aliphatic rings. The molecule has 186 valence electrons. The molecule has 1 aliphatic heterocycles. The summed E-state index contributed by atoms with van der Waals surface area (Å²) in [6, 6.07) is 7.49. The number of nitrogens with one attached hydrogen (secondary N) is 1. The Morgan fingerprint density at radius 2 is 2.17 bits per heavy atom. The first-order valence-corrected chi connectivity index (χ1v) is 12.3. The molecule has 4 heterocycles. The summed E-state index contributed by atoms with van der Waals surface area (Å²) in [6.07, 6.45) is 8.89. The number of rotatable bonds is 4. The normalized spacial score (nSPS) is 24.2. The van der Waals surface area contributed by atoms with Crippen molar-refractivity contribution in [2.75, 3.05) is 26.0 Å². The average molecular weight is 488 g/mol. The van der Waals surface area contributed by atoms with Gasteiger partial charge in [0.25, 0.3) is 5.91 Å². The van der Waals surface area contributed by atoms with Gasteiger partial charge in [0.1, 0.15) is 5.75 Å². The van der Waals surface area contributed by atoms with Crippen molar-refractivity contribution in [1.29, 1.82) is 0 Å². The number of hydrogen-bond acceptors (Lipinski definition) is 6. The maximum absolute atomic E-state index is 13.2. The van der Waals surface area contributed by atoms with Crippen LogP contribution in [0.3, 0.4) is 0 Å². The smallest absolute Gasteiger partial charge is 0.260 e. The van der Waals surface area contributed by atoms with Crippen LogP contribution in [0.5, 0.6) is 5.75 Å². The number of anilines is 1. The van der Waals surface area contributed by atoms with Gasteiger partial charge < -0.3 is 15.0 Å². The van der Waals surface area contributed by atoms with Gasteiger partial charge in [0.15, 0.2) is 11.5 Å². The molecular weight excluding hydrogens is 458 g/mol. The number of likely N-dealkylation sites (tertiary alicyclic amines) is 1. The van der Waals surface area contributed by atoms with Gasteiger partial charge >= 0.3 is 0 Å². The highest BCUT2D eigenvalue weighted by atomic mass is 16.5. The number of carbonyl (C=O) groups excluding carboxylic acids is 2. The number of amides is 2. The number of benzene rings is 1. The van der Waals surface area contributed by atoms with Crippen LogP contribution in [0.1, 0.15) is 49.0 Å². The fourth-order valence-corrected chi connectivity index (χ4v) is 6.15. The molecule has 3 aromatic heterocycles. The predicted octanol–water partition coefficient (Wildman–Crippen LogP) is 3.55. The third kappa shape index (κ3) is 3.68. The lowest BCUT2D eigenvalue weighted by Crippen LogP contribution is -2.35. The van der Waals surface area contributed by atoms with E-state index in [1.165, 1.54) is 0 Å². The molecule has 0 unspecified atom stereocenters. The van der Waals surface area contributed by atoms with Crippen LogP contribution in [0, 0.1) is 11.3 Å². The second-order valence-electron chi connectivity index (χ2n) is 10.3. The first-order valence-electron chi connectivity index (χ1n) is 12.3. The highest BCUT2D eigenvalue weighted by molar-refractivity contribution is 6.08. The molecule has 0 radical (unpaired) electrons. The third-order valence-electron chi connectivity index (χ3n) is 7.85. The fourth-order valence-electron chi connectivity index (χ4n) is 6.15. The van der Waals surface area contributed by atoms with E-state index in [4.69, 9.17) is 9.84 Å². The molecule has 2 fully saturated rings. The summed E-state index contributed by atoms with van der Waals surface area (Å²) >= 11 is 0. The summed E-state index contributed by atoms with van der Waals surface area (Å²) in [5.74, 6) is 1.27. The fraction of sp³-hybridized carbons (Fsp3) is 0.423. The summed E-state index contributed by atoms with van der Waals surface area (Å²) in [4.78, 5) is 31.6. The number of methoxy groups -OCH3 is 1. The Kier molecular flexibility index (Phi) is 5.20. The van der Waals surface area contributed by atoms with Crippen LogP contribution in [0.2, 0.25) is 0 Å². The average Bonchev–Trinajstić information content (AvgIpc) is 3.53. The van der Waals surface area contributed by atoms with Gasteiger partial charge in [0.05, 0.1) is 30.4 Å². The lowest BCUT2D eigenvalue weighted by molar-refractivity contribution is -0.126. The SMILES string of the molecule is COc1cc2nn([C@H]3CC[C@]4(CC(=O)N(C)C4)C[C@H]3C)cc2cc1C(=O)Nc1cnc2cccnn12. The molecule has 1 saturated carbocycles. The highest BCUT2D eigenvalue weighted by Crippen LogP contribution is 2.49. The van der Waals surface area contributed by atoms with E-state index in [1.807, 2.05) is 41.0 Å². The van der Waals surface area contributed by atoms with Gasteiger partial charge in [-0.05, 0) is 48.8 Å². The Bertz CT molecular complexity index is 1490. The molecule has 2 amide bonds. The van der Waals surface area contributed by atoms with Crippen LogP contribution in [-0.2, 0) is 4.79 Å². The minimum atomic E-state index is -0.308. The van der Waals surface area contributed by atoms with Crippen molar-refractivity contribution in [1.82, 2.24) is 29.3 Å². The van der Waals surface area contributed by atoms with Crippen LogP contribution in [-0.4, -0.2) is 61.8 Å². The standard InChI is InChI=1S/C26H29N7O3/c1-16-11-26(12-24(34)31(2)15-26)7-6-20(16)32-14-17-9-18(21(36-3)10-19(17)30-32)25(35)29-23-13-27-22-5-4-8-28-33(22)23/h4-5,8-10,13-14,16,20H,6-7,11-12,15H2,1-3H3,(H,29,35)/t16-,20+,26-/m1/s1. The monoisotopic (exact) mass is 487 g/mol.